The van der Waals surface area contributed by atoms with E-state index >= 15 is 0 Å². The number of piperazine rings is 1. The molecule has 3 aromatic rings. The topological polar surface area (TPSA) is 108 Å². The molecule has 0 spiro atoms. The Hall–Kier alpha value is -3.74. The van der Waals surface area contributed by atoms with E-state index < -0.39 is 0 Å². The number of nitriles is 1. The van der Waals surface area contributed by atoms with Crippen LogP contribution in [0, 0.1) is 11.3 Å². The summed E-state index contributed by atoms with van der Waals surface area (Å²) < 4.78 is 11.1. The van der Waals surface area contributed by atoms with Crippen LogP contribution in [-0.4, -0.2) is 78.8 Å². The van der Waals surface area contributed by atoms with Gasteiger partial charge in [0.25, 0.3) is 5.89 Å². The summed E-state index contributed by atoms with van der Waals surface area (Å²) in [6.07, 6.45) is 3.33. The lowest BCUT2D eigenvalue weighted by molar-refractivity contribution is -0.131. The van der Waals surface area contributed by atoms with Gasteiger partial charge >= 0.3 is 0 Å². The molecule has 1 aliphatic heterocycles. The molecule has 202 valence electrons. The van der Waals surface area contributed by atoms with Crippen molar-refractivity contribution in [1.82, 2.24) is 25.3 Å². The Bertz CT molecular complexity index is 1290. The van der Waals surface area contributed by atoms with E-state index in [0.717, 1.165) is 44.6 Å². The maximum absolute atomic E-state index is 11.3. The molecular weight excluding hydrogens is 480 g/mol. The molecule has 0 saturated carbocycles. The first-order chi connectivity index (χ1) is 18.4. The monoisotopic (exact) mass is 518 g/mol. The summed E-state index contributed by atoms with van der Waals surface area (Å²) >= 11 is 0. The van der Waals surface area contributed by atoms with Crippen LogP contribution >= 0.6 is 0 Å². The van der Waals surface area contributed by atoms with Gasteiger partial charge in [-0.3, -0.25) is 4.79 Å². The maximum Gasteiger partial charge on any atom is 0.258 e. The van der Waals surface area contributed by atoms with Gasteiger partial charge < -0.3 is 24.4 Å². The fourth-order valence-corrected chi connectivity index (χ4v) is 4.71. The summed E-state index contributed by atoms with van der Waals surface area (Å²) in [4.78, 5) is 20.1. The van der Waals surface area contributed by atoms with Crippen molar-refractivity contribution in [2.45, 2.75) is 39.2 Å². The number of fused-ring (bicyclic) bond motifs is 1. The zero-order valence-electron chi connectivity index (χ0n) is 22.7. The summed E-state index contributed by atoms with van der Waals surface area (Å²) in [6.45, 7) is 8.05. The highest BCUT2D eigenvalue weighted by Gasteiger charge is 2.20. The van der Waals surface area contributed by atoms with Crippen molar-refractivity contribution < 1.29 is 15.5 Å². The van der Waals surface area contributed by atoms with Gasteiger partial charge in [0.05, 0.1) is 18.2 Å². The molecule has 1 N–H and O–H groups in total. The maximum atomic E-state index is 11.3. The Morgan fingerprint density at radius 3 is 2.71 bits per heavy atom. The van der Waals surface area contributed by atoms with Crippen LogP contribution in [0.1, 0.15) is 38.4 Å². The van der Waals surface area contributed by atoms with E-state index in [1.54, 1.807) is 19.2 Å². The standard InChI is InChI=1S/C21H19N3O2.C8H17N3O.H2/c1-13(2)25-19-10-9-15(11-16(19)12-22)21-23-20(24-26-21)18-8-4-6-14-5-3-7-17(14)18;1-9-7-8(12)11-5-3-10(2)4-6-11;/h4,6,8-11,13H,3,5,7H2,1-2H3;9H,3-7H2,1-2H3;1H. The summed E-state index contributed by atoms with van der Waals surface area (Å²) in [5.74, 6) is 1.78. The van der Waals surface area contributed by atoms with Crippen molar-refractivity contribution in [3.05, 3.63) is 53.1 Å². The Labute approximate surface area is 225 Å². The van der Waals surface area contributed by atoms with Crippen LogP contribution in [0.15, 0.2) is 40.9 Å². The van der Waals surface area contributed by atoms with Gasteiger partial charge in [0.1, 0.15) is 11.8 Å². The van der Waals surface area contributed by atoms with E-state index in [0.29, 0.717) is 35.1 Å². The second-order valence-electron chi connectivity index (χ2n) is 9.92. The summed E-state index contributed by atoms with van der Waals surface area (Å²) in [5.41, 5.74) is 4.89. The van der Waals surface area contributed by atoms with Crippen LogP contribution in [0.25, 0.3) is 22.8 Å². The number of benzene rings is 2. The Balaban J connectivity index is 0.000000274. The molecule has 1 amide bonds. The average Bonchev–Trinajstić information content (AvgIpc) is 3.60. The van der Waals surface area contributed by atoms with Gasteiger partial charge in [0.2, 0.25) is 11.7 Å². The van der Waals surface area contributed by atoms with Crippen LogP contribution < -0.4 is 10.1 Å². The van der Waals surface area contributed by atoms with Gasteiger partial charge in [-0.05, 0) is 76.5 Å². The predicted octanol–water partition coefficient (Wildman–Crippen LogP) is 3.78. The fraction of sp³-hybridized carbons (Fsp3) is 0.448. The van der Waals surface area contributed by atoms with Crippen LogP contribution in [-0.2, 0) is 17.6 Å². The highest BCUT2D eigenvalue weighted by molar-refractivity contribution is 5.78. The van der Waals surface area contributed by atoms with E-state index in [4.69, 9.17) is 9.26 Å². The van der Waals surface area contributed by atoms with Gasteiger partial charge in [-0.1, -0.05) is 23.4 Å². The molecule has 5 rings (SSSR count). The highest BCUT2D eigenvalue weighted by Crippen LogP contribution is 2.33. The summed E-state index contributed by atoms with van der Waals surface area (Å²) in [6, 6.07) is 13.8. The zero-order valence-corrected chi connectivity index (χ0v) is 22.7. The number of hydrogen-bond acceptors (Lipinski definition) is 8. The number of carbonyl (C=O) groups excluding carboxylic acids is 1. The quantitative estimate of drug-likeness (QED) is 0.525. The van der Waals surface area contributed by atoms with E-state index in [2.05, 4.69) is 39.5 Å². The lowest BCUT2D eigenvalue weighted by Crippen LogP contribution is -2.49. The molecule has 2 heterocycles. The van der Waals surface area contributed by atoms with E-state index in [-0.39, 0.29) is 13.4 Å². The molecule has 9 nitrogen and oxygen atoms in total. The van der Waals surface area contributed by atoms with Gasteiger partial charge in [-0.2, -0.15) is 10.2 Å². The van der Waals surface area contributed by atoms with Gasteiger partial charge in [0, 0.05) is 38.7 Å². The Kier molecular flexibility index (Phi) is 9.10. The van der Waals surface area contributed by atoms with E-state index in [1.807, 2.05) is 36.9 Å². The molecule has 0 unspecified atom stereocenters. The minimum absolute atomic E-state index is 0. The second-order valence-corrected chi connectivity index (χ2v) is 9.92. The number of nitrogens with zero attached hydrogens (tertiary/aromatic N) is 5. The number of aryl methyl sites for hydroxylation is 1. The summed E-state index contributed by atoms with van der Waals surface area (Å²) in [7, 11) is 3.88. The molecule has 1 saturated heterocycles. The van der Waals surface area contributed by atoms with Crippen LogP contribution in [0.3, 0.4) is 0 Å². The number of carbonyl (C=O) groups is 1. The largest absolute Gasteiger partial charge is 0.490 e. The van der Waals surface area contributed by atoms with Crippen molar-refractivity contribution in [3.8, 4) is 34.7 Å². The first kappa shape index (κ1) is 27.3. The molecule has 0 bridgehead atoms. The molecule has 1 aromatic heterocycles. The predicted molar refractivity (Wildman–Crippen MR) is 148 cm³/mol. The Morgan fingerprint density at radius 1 is 1.21 bits per heavy atom. The lowest BCUT2D eigenvalue weighted by atomic mass is 10.0. The highest BCUT2D eigenvalue weighted by atomic mass is 16.5. The summed E-state index contributed by atoms with van der Waals surface area (Å²) in [5, 5.41) is 16.4. The van der Waals surface area contributed by atoms with Crippen molar-refractivity contribution in [2.75, 3.05) is 46.8 Å². The minimum atomic E-state index is 0. The van der Waals surface area contributed by atoms with E-state index in [1.165, 1.54) is 17.5 Å². The number of nitrogens with one attached hydrogen (secondary N) is 1. The van der Waals surface area contributed by atoms with Crippen LogP contribution in [0.2, 0.25) is 0 Å². The van der Waals surface area contributed by atoms with Crippen LogP contribution in [0.4, 0.5) is 0 Å². The zero-order chi connectivity index (χ0) is 27.1. The SMILES string of the molecule is CC(C)Oc1ccc(-c2nc(-c3cccc4c3CCC4)no2)cc1C#N.CNCC(=O)N1CCN(C)CC1.[HH]. The average molecular weight is 519 g/mol. The molecule has 38 heavy (non-hydrogen) atoms. The molecule has 0 atom stereocenters. The smallest absolute Gasteiger partial charge is 0.258 e. The molecule has 1 fully saturated rings. The number of ether oxygens (including phenoxy) is 1. The minimum Gasteiger partial charge on any atom is -0.490 e. The first-order valence-electron chi connectivity index (χ1n) is 13.2. The fourth-order valence-electron chi connectivity index (χ4n) is 4.71. The normalized spacial score (nSPS) is 15.0. The molecular formula is C29H38N6O3. The number of hydrogen-bond donors (Lipinski definition) is 1. The van der Waals surface area contributed by atoms with Crippen LogP contribution in [0.5, 0.6) is 5.75 Å². The molecule has 1 aliphatic carbocycles. The number of likely N-dealkylation sites (N-methyl/N-ethyl adjacent to an activating group) is 2. The molecule has 0 radical (unpaired) electrons. The van der Waals surface area contributed by atoms with Gasteiger partial charge in [-0.15, -0.1) is 0 Å². The lowest BCUT2D eigenvalue weighted by Gasteiger charge is -2.32. The Morgan fingerprint density at radius 2 is 2.00 bits per heavy atom. The van der Waals surface area contributed by atoms with Gasteiger partial charge in [-0.25, -0.2) is 0 Å². The van der Waals surface area contributed by atoms with Crippen molar-refractivity contribution >= 4 is 5.91 Å². The third-order valence-electron chi connectivity index (χ3n) is 6.71. The van der Waals surface area contributed by atoms with Crippen molar-refractivity contribution in [1.29, 1.82) is 5.26 Å². The van der Waals surface area contributed by atoms with Crippen molar-refractivity contribution in [2.24, 2.45) is 0 Å². The van der Waals surface area contributed by atoms with Crippen molar-refractivity contribution in [3.63, 3.8) is 0 Å². The molecule has 2 aliphatic rings. The van der Waals surface area contributed by atoms with Gasteiger partial charge in [0.15, 0.2) is 0 Å². The molecule has 9 heteroatoms. The third-order valence-corrected chi connectivity index (χ3v) is 6.71. The third kappa shape index (κ3) is 6.57. The van der Waals surface area contributed by atoms with E-state index in [9.17, 15) is 10.1 Å². The second kappa shape index (κ2) is 12.7. The number of rotatable bonds is 6. The molecule has 2 aromatic carbocycles. The number of aromatic nitrogens is 2. The number of amides is 1. The first-order valence-corrected chi connectivity index (χ1v) is 13.2.